The van der Waals surface area contributed by atoms with Gasteiger partial charge in [0.1, 0.15) is 11.3 Å². The molecule has 4 nitrogen and oxygen atoms in total. The van der Waals surface area contributed by atoms with Crippen LogP contribution in [0.25, 0.3) is 22.9 Å². The number of hydrogen-bond donors (Lipinski definition) is 1. The molecule has 0 bridgehead atoms. The van der Waals surface area contributed by atoms with Crippen molar-refractivity contribution in [1.82, 2.24) is 4.98 Å². The summed E-state index contributed by atoms with van der Waals surface area (Å²) in [6, 6.07) is 12.1. The van der Waals surface area contributed by atoms with Gasteiger partial charge in [-0.25, -0.2) is 9.78 Å². The Bertz CT molecular complexity index is 927. The van der Waals surface area contributed by atoms with Crippen LogP contribution in [-0.2, 0) is 0 Å². The molecule has 0 spiro atoms. The summed E-state index contributed by atoms with van der Waals surface area (Å²) in [5, 5.41) is 10.6. The normalized spacial score (nSPS) is 11.8. The van der Waals surface area contributed by atoms with Crippen molar-refractivity contribution in [3.05, 3.63) is 74.7 Å². The maximum atomic E-state index is 11.9. The van der Waals surface area contributed by atoms with Crippen LogP contribution in [0.4, 0.5) is 0 Å². The summed E-state index contributed by atoms with van der Waals surface area (Å²) in [6.45, 7) is 1.95. The molecular formula is C17H12ClNO3. The number of halogens is 1. The van der Waals surface area contributed by atoms with Gasteiger partial charge in [0.25, 0.3) is 0 Å². The second-order valence-electron chi connectivity index (χ2n) is 4.89. The van der Waals surface area contributed by atoms with Gasteiger partial charge in [-0.2, -0.15) is 0 Å². The number of aromatic nitrogens is 1. The Labute approximate surface area is 131 Å². The van der Waals surface area contributed by atoms with Crippen LogP contribution in [0, 0.1) is 6.92 Å². The third-order valence-corrected chi connectivity index (χ3v) is 3.43. The van der Waals surface area contributed by atoms with E-state index in [1.165, 1.54) is 6.08 Å². The molecule has 22 heavy (non-hydrogen) atoms. The van der Waals surface area contributed by atoms with Crippen molar-refractivity contribution in [2.24, 2.45) is 0 Å². The molecule has 0 unspecified atom stereocenters. The molecule has 3 aromatic rings. The smallest absolute Gasteiger partial charge is 0.362 e. The standard InChI is InChI=1S/C17H12ClNO3/c1-10-2-4-11(5-3-10)15(20)9-14-17(21)22-16-7-6-12(18)8-13(16)19-14/h2-9,20H,1H3. The van der Waals surface area contributed by atoms with E-state index in [0.717, 1.165) is 5.56 Å². The predicted molar refractivity (Wildman–Crippen MR) is 87.0 cm³/mol. The lowest BCUT2D eigenvalue weighted by Gasteiger charge is -2.02. The van der Waals surface area contributed by atoms with E-state index in [2.05, 4.69) is 4.98 Å². The summed E-state index contributed by atoms with van der Waals surface area (Å²) in [7, 11) is 0. The van der Waals surface area contributed by atoms with Gasteiger partial charge in [-0.1, -0.05) is 41.4 Å². The molecule has 1 aromatic heterocycles. The molecular weight excluding hydrogens is 302 g/mol. The maximum absolute atomic E-state index is 11.9. The topological polar surface area (TPSA) is 63.3 Å². The Morgan fingerprint density at radius 2 is 1.95 bits per heavy atom. The van der Waals surface area contributed by atoms with E-state index in [4.69, 9.17) is 16.0 Å². The lowest BCUT2D eigenvalue weighted by molar-refractivity contribution is 0.514. The average Bonchev–Trinajstić information content (AvgIpc) is 2.49. The molecule has 0 aliphatic rings. The van der Waals surface area contributed by atoms with Crippen LogP contribution in [0.2, 0.25) is 5.02 Å². The zero-order valence-electron chi connectivity index (χ0n) is 11.7. The zero-order valence-corrected chi connectivity index (χ0v) is 12.5. The summed E-state index contributed by atoms with van der Waals surface area (Å²) in [4.78, 5) is 16.1. The summed E-state index contributed by atoms with van der Waals surface area (Å²) in [5.41, 5.74) is 1.88. The van der Waals surface area contributed by atoms with E-state index in [0.29, 0.717) is 21.7 Å². The predicted octanol–water partition coefficient (Wildman–Crippen LogP) is 4.21. The Kier molecular flexibility index (Phi) is 3.69. The number of aryl methyl sites for hydroxylation is 1. The number of aliphatic hydroxyl groups excluding tert-OH is 1. The first-order valence-corrected chi connectivity index (χ1v) is 6.99. The Hall–Kier alpha value is -2.59. The molecule has 0 aliphatic carbocycles. The summed E-state index contributed by atoms with van der Waals surface area (Å²) >= 11 is 5.90. The largest absolute Gasteiger partial charge is 0.507 e. The molecule has 5 heteroatoms. The van der Waals surface area contributed by atoms with Crippen LogP contribution in [0.5, 0.6) is 0 Å². The summed E-state index contributed by atoms with van der Waals surface area (Å²) < 4.78 is 5.17. The molecule has 3 rings (SSSR count). The van der Waals surface area contributed by atoms with Gasteiger partial charge >= 0.3 is 5.63 Å². The monoisotopic (exact) mass is 313 g/mol. The Morgan fingerprint density at radius 1 is 1.23 bits per heavy atom. The van der Waals surface area contributed by atoms with Crippen LogP contribution in [-0.4, -0.2) is 10.1 Å². The highest BCUT2D eigenvalue weighted by Crippen LogP contribution is 2.18. The third kappa shape index (κ3) is 2.87. The van der Waals surface area contributed by atoms with Crippen molar-refractivity contribution in [3.63, 3.8) is 0 Å². The minimum absolute atomic E-state index is 0.0211. The van der Waals surface area contributed by atoms with Gasteiger partial charge in [0.15, 0.2) is 11.3 Å². The van der Waals surface area contributed by atoms with Crippen molar-refractivity contribution >= 4 is 34.5 Å². The quantitative estimate of drug-likeness (QED) is 0.720. The first kappa shape index (κ1) is 14.4. The van der Waals surface area contributed by atoms with E-state index < -0.39 is 5.63 Å². The van der Waals surface area contributed by atoms with Gasteiger partial charge in [-0.15, -0.1) is 0 Å². The first-order valence-electron chi connectivity index (χ1n) is 6.61. The molecule has 0 radical (unpaired) electrons. The number of benzene rings is 2. The fraction of sp³-hybridized carbons (Fsp3) is 0.0588. The fourth-order valence-corrected chi connectivity index (χ4v) is 2.19. The molecule has 0 fully saturated rings. The highest BCUT2D eigenvalue weighted by molar-refractivity contribution is 6.31. The van der Waals surface area contributed by atoms with Gasteiger partial charge in [0.2, 0.25) is 0 Å². The van der Waals surface area contributed by atoms with Crippen molar-refractivity contribution in [2.45, 2.75) is 6.92 Å². The minimum atomic E-state index is -0.617. The molecule has 0 saturated carbocycles. The molecule has 0 saturated heterocycles. The van der Waals surface area contributed by atoms with E-state index in [-0.39, 0.29) is 11.5 Å². The van der Waals surface area contributed by atoms with Crippen molar-refractivity contribution < 1.29 is 9.52 Å². The van der Waals surface area contributed by atoms with Crippen LogP contribution in [0.1, 0.15) is 16.8 Å². The van der Waals surface area contributed by atoms with Gasteiger partial charge in [-0.05, 0) is 25.1 Å². The van der Waals surface area contributed by atoms with Gasteiger partial charge in [0.05, 0.1) is 0 Å². The van der Waals surface area contributed by atoms with Crippen molar-refractivity contribution in [1.29, 1.82) is 0 Å². The van der Waals surface area contributed by atoms with Crippen LogP contribution in [0.15, 0.2) is 51.7 Å². The maximum Gasteiger partial charge on any atom is 0.362 e. The summed E-state index contributed by atoms with van der Waals surface area (Å²) in [5.74, 6) is -0.0545. The van der Waals surface area contributed by atoms with Gasteiger partial charge in [-0.3, -0.25) is 0 Å². The molecule has 0 atom stereocenters. The second kappa shape index (κ2) is 5.66. The second-order valence-corrected chi connectivity index (χ2v) is 5.33. The highest BCUT2D eigenvalue weighted by atomic mass is 35.5. The number of rotatable bonds is 2. The van der Waals surface area contributed by atoms with Gasteiger partial charge < -0.3 is 9.52 Å². The molecule has 1 heterocycles. The van der Waals surface area contributed by atoms with Crippen molar-refractivity contribution in [3.8, 4) is 0 Å². The molecule has 0 aliphatic heterocycles. The summed E-state index contributed by atoms with van der Waals surface area (Å²) in [6.07, 6.45) is 1.29. The molecule has 0 amide bonds. The lowest BCUT2D eigenvalue weighted by Crippen LogP contribution is -2.06. The fourth-order valence-electron chi connectivity index (χ4n) is 2.02. The SMILES string of the molecule is Cc1ccc(C(O)=Cc2nc3cc(Cl)ccc3oc2=O)cc1. The van der Waals surface area contributed by atoms with E-state index in [9.17, 15) is 9.90 Å². The van der Waals surface area contributed by atoms with E-state index in [1.807, 2.05) is 19.1 Å². The van der Waals surface area contributed by atoms with Crippen LogP contribution in [0.3, 0.4) is 0 Å². The van der Waals surface area contributed by atoms with E-state index in [1.54, 1.807) is 30.3 Å². The van der Waals surface area contributed by atoms with Gasteiger partial charge in [0, 0.05) is 16.7 Å². The highest BCUT2D eigenvalue weighted by Gasteiger charge is 2.08. The average molecular weight is 314 g/mol. The number of aliphatic hydroxyl groups is 1. The van der Waals surface area contributed by atoms with Crippen molar-refractivity contribution in [2.75, 3.05) is 0 Å². The Balaban J connectivity index is 2.09. The molecule has 2 aromatic carbocycles. The van der Waals surface area contributed by atoms with Crippen LogP contribution >= 0.6 is 11.6 Å². The van der Waals surface area contributed by atoms with E-state index >= 15 is 0 Å². The zero-order chi connectivity index (χ0) is 15.7. The lowest BCUT2D eigenvalue weighted by atomic mass is 10.1. The third-order valence-electron chi connectivity index (χ3n) is 3.19. The number of hydrogen-bond acceptors (Lipinski definition) is 4. The molecule has 110 valence electrons. The van der Waals surface area contributed by atoms with Crippen LogP contribution < -0.4 is 5.63 Å². The number of fused-ring (bicyclic) bond motifs is 1. The Morgan fingerprint density at radius 3 is 2.68 bits per heavy atom. The first-order chi connectivity index (χ1) is 10.5. The minimum Gasteiger partial charge on any atom is -0.507 e. The number of nitrogens with zero attached hydrogens (tertiary/aromatic N) is 1. The molecule has 1 N–H and O–H groups in total.